The van der Waals surface area contributed by atoms with Crippen LogP contribution < -0.4 is 0 Å². The number of rotatable bonds is 3. The van der Waals surface area contributed by atoms with Crippen LogP contribution in [0.25, 0.3) is 0 Å². The van der Waals surface area contributed by atoms with Crippen molar-refractivity contribution in [2.24, 2.45) is 5.92 Å². The van der Waals surface area contributed by atoms with Crippen molar-refractivity contribution < 1.29 is 4.74 Å². The van der Waals surface area contributed by atoms with Gasteiger partial charge in [0.25, 0.3) is 0 Å². The SMILES string of the molecule is COC[C@H]1CC[C@H](N(C)C)CC1. The summed E-state index contributed by atoms with van der Waals surface area (Å²) in [7, 11) is 6.17. The normalized spacial score (nSPS) is 31.0. The second-order valence-corrected chi connectivity index (χ2v) is 4.09. The van der Waals surface area contributed by atoms with Gasteiger partial charge in [-0.1, -0.05) is 0 Å². The highest BCUT2D eigenvalue weighted by atomic mass is 16.5. The molecule has 0 radical (unpaired) electrons. The highest BCUT2D eigenvalue weighted by Crippen LogP contribution is 2.26. The molecule has 2 nitrogen and oxygen atoms in total. The molecule has 2 heteroatoms. The zero-order valence-electron chi connectivity index (χ0n) is 8.55. The summed E-state index contributed by atoms with van der Waals surface area (Å²) in [6, 6.07) is 0.818. The first kappa shape index (κ1) is 10.0. The van der Waals surface area contributed by atoms with E-state index in [1.54, 1.807) is 7.11 Å². The third-order valence-corrected chi connectivity index (χ3v) is 2.95. The van der Waals surface area contributed by atoms with Crippen molar-refractivity contribution in [3.05, 3.63) is 0 Å². The van der Waals surface area contributed by atoms with E-state index in [9.17, 15) is 0 Å². The molecule has 0 N–H and O–H groups in total. The summed E-state index contributed by atoms with van der Waals surface area (Å²) in [6.45, 7) is 0.958. The molecular weight excluding hydrogens is 150 g/mol. The average molecular weight is 171 g/mol. The minimum atomic E-state index is 0.818. The maximum Gasteiger partial charge on any atom is 0.0490 e. The molecule has 0 bridgehead atoms. The lowest BCUT2D eigenvalue weighted by Gasteiger charge is -2.32. The molecule has 0 heterocycles. The van der Waals surface area contributed by atoms with Gasteiger partial charge in [-0.2, -0.15) is 0 Å². The second-order valence-electron chi connectivity index (χ2n) is 4.09. The van der Waals surface area contributed by atoms with Crippen LogP contribution in [0.2, 0.25) is 0 Å². The Morgan fingerprint density at radius 2 is 1.75 bits per heavy atom. The average Bonchev–Trinajstić information content (AvgIpc) is 2.06. The molecule has 1 fully saturated rings. The molecule has 0 amide bonds. The molecule has 12 heavy (non-hydrogen) atoms. The molecule has 0 aliphatic heterocycles. The minimum absolute atomic E-state index is 0.818. The summed E-state index contributed by atoms with van der Waals surface area (Å²) < 4.78 is 5.16. The Hall–Kier alpha value is -0.0800. The van der Waals surface area contributed by atoms with Gasteiger partial charge in [0.15, 0.2) is 0 Å². The lowest BCUT2D eigenvalue weighted by atomic mass is 9.86. The summed E-state index contributed by atoms with van der Waals surface area (Å²) in [5.74, 6) is 0.825. The van der Waals surface area contributed by atoms with Crippen LogP contribution in [0.4, 0.5) is 0 Å². The van der Waals surface area contributed by atoms with Crippen molar-refractivity contribution >= 4 is 0 Å². The Morgan fingerprint density at radius 1 is 1.17 bits per heavy atom. The Morgan fingerprint density at radius 3 is 2.17 bits per heavy atom. The first-order valence-corrected chi connectivity index (χ1v) is 4.89. The standard InChI is InChI=1S/C10H21NO/c1-11(2)10-6-4-9(5-7-10)8-12-3/h9-10H,4-8H2,1-3H3/t9-,10-. The minimum Gasteiger partial charge on any atom is -0.384 e. The fraction of sp³-hybridized carbons (Fsp3) is 1.00. The van der Waals surface area contributed by atoms with Crippen LogP contribution in [0.15, 0.2) is 0 Å². The molecule has 0 aromatic heterocycles. The van der Waals surface area contributed by atoms with Gasteiger partial charge in [0.2, 0.25) is 0 Å². The highest BCUT2D eigenvalue weighted by Gasteiger charge is 2.21. The smallest absolute Gasteiger partial charge is 0.0490 e. The van der Waals surface area contributed by atoms with E-state index in [2.05, 4.69) is 19.0 Å². The van der Waals surface area contributed by atoms with Gasteiger partial charge in [0, 0.05) is 19.8 Å². The number of nitrogens with zero attached hydrogens (tertiary/aromatic N) is 1. The monoisotopic (exact) mass is 171 g/mol. The van der Waals surface area contributed by atoms with E-state index < -0.39 is 0 Å². The quantitative estimate of drug-likeness (QED) is 0.641. The Labute approximate surface area is 75.9 Å². The van der Waals surface area contributed by atoms with Crippen LogP contribution in [0, 0.1) is 5.92 Å². The zero-order chi connectivity index (χ0) is 8.97. The van der Waals surface area contributed by atoms with Crippen LogP contribution in [0.3, 0.4) is 0 Å². The van der Waals surface area contributed by atoms with Crippen LogP contribution in [-0.4, -0.2) is 38.8 Å². The topological polar surface area (TPSA) is 12.5 Å². The fourth-order valence-corrected chi connectivity index (χ4v) is 2.06. The second kappa shape index (κ2) is 4.83. The Kier molecular flexibility index (Phi) is 4.02. The van der Waals surface area contributed by atoms with Gasteiger partial charge < -0.3 is 9.64 Å². The highest BCUT2D eigenvalue weighted by molar-refractivity contribution is 4.76. The molecule has 1 aliphatic carbocycles. The molecular formula is C10H21NO. The molecule has 72 valence electrons. The third-order valence-electron chi connectivity index (χ3n) is 2.95. The van der Waals surface area contributed by atoms with E-state index in [0.29, 0.717) is 0 Å². The molecule has 1 saturated carbocycles. The maximum absolute atomic E-state index is 5.16. The lowest BCUT2D eigenvalue weighted by Crippen LogP contribution is -2.32. The van der Waals surface area contributed by atoms with E-state index in [0.717, 1.165) is 18.6 Å². The molecule has 0 saturated heterocycles. The zero-order valence-corrected chi connectivity index (χ0v) is 8.55. The predicted molar refractivity (Wildman–Crippen MR) is 51.3 cm³/mol. The summed E-state index contributed by atoms with van der Waals surface area (Å²) in [4.78, 5) is 2.35. The first-order chi connectivity index (χ1) is 5.74. The van der Waals surface area contributed by atoms with Crippen molar-refractivity contribution in [1.29, 1.82) is 0 Å². The van der Waals surface area contributed by atoms with Crippen LogP contribution in [0.1, 0.15) is 25.7 Å². The predicted octanol–water partition coefficient (Wildman–Crippen LogP) is 1.75. The maximum atomic E-state index is 5.16. The molecule has 0 atom stereocenters. The first-order valence-electron chi connectivity index (χ1n) is 4.89. The van der Waals surface area contributed by atoms with E-state index in [1.807, 2.05) is 0 Å². The van der Waals surface area contributed by atoms with Gasteiger partial charge in [-0.15, -0.1) is 0 Å². The van der Waals surface area contributed by atoms with Gasteiger partial charge in [-0.25, -0.2) is 0 Å². The summed E-state index contributed by atoms with van der Waals surface area (Å²) in [5, 5.41) is 0. The molecule has 1 aliphatic rings. The van der Waals surface area contributed by atoms with Gasteiger partial charge in [0.05, 0.1) is 0 Å². The summed E-state index contributed by atoms with van der Waals surface area (Å²) in [5.41, 5.74) is 0. The number of hydrogen-bond acceptors (Lipinski definition) is 2. The summed E-state index contributed by atoms with van der Waals surface area (Å²) >= 11 is 0. The molecule has 1 rings (SSSR count). The van der Waals surface area contributed by atoms with Gasteiger partial charge in [0.1, 0.15) is 0 Å². The van der Waals surface area contributed by atoms with Crippen LogP contribution in [-0.2, 0) is 4.74 Å². The van der Waals surface area contributed by atoms with Crippen molar-refractivity contribution in [2.75, 3.05) is 27.8 Å². The van der Waals surface area contributed by atoms with E-state index in [1.165, 1.54) is 25.7 Å². The van der Waals surface area contributed by atoms with Crippen molar-refractivity contribution in [3.63, 3.8) is 0 Å². The lowest BCUT2D eigenvalue weighted by molar-refractivity contribution is 0.107. The molecule has 0 spiro atoms. The number of ether oxygens (including phenoxy) is 1. The molecule has 0 unspecified atom stereocenters. The molecule has 0 aromatic rings. The van der Waals surface area contributed by atoms with E-state index in [-0.39, 0.29) is 0 Å². The number of hydrogen-bond donors (Lipinski definition) is 0. The van der Waals surface area contributed by atoms with Crippen molar-refractivity contribution in [1.82, 2.24) is 4.90 Å². The molecule has 0 aromatic carbocycles. The Bertz CT molecular complexity index is 117. The van der Waals surface area contributed by atoms with Gasteiger partial charge in [-0.3, -0.25) is 0 Å². The van der Waals surface area contributed by atoms with E-state index >= 15 is 0 Å². The third kappa shape index (κ3) is 2.76. The Balaban J connectivity index is 2.20. The van der Waals surface area contributed by atoms with Crippen molar-refractivity contribution in [3.8, 4) is 0 Å². The van der Waals surface area contributed by atoms with Gasteiger partial charge >= 0.3 is 0 Å². The largest absolute Gasteiger partial charge is 0.384 e. The summed E-state index contributed by atoms with van der Waals surface area (Å²) in [6.07, 6.45) is 5.38. The fourth-order valence-electron chi connectivity index (χ4n) is 2.06. The van der Waals surface area contributed by atoms with E-state index in [4.69, 9.17) is 4.74 Å². The van der Waals surface area contributed by atoms with Gasteiger partial charge in [-0.05, 0) is 45.7 Å². The number of methoxy groups -OCH3 is 1. The van der Waals surface area contributed by atoms with Crippen LogP contribution >= 0.6 is 0 Å². The van der Waals surface area contributed by atoms with Crippen molar-refractivity contribution in [2.45, 2.75) is 31.7 Å². The van der Waals surface area contributed by atoms with Crippen LogP contribution in [0.5, 0.6) is 0 Å².